The van der Waals surface area contributed by atoms with Gasteiger partial charge in [-0.2, -0.15) is 4.39 Å². The number of hydrogen-bond donors (Lipinski definition) is 0. The second kappa shape index (κ2) is 2.51. The molecule has 52 valence electrons. The minimum absolute atomic E-state index is 0.238. The molecule has 0 saturated heterocycles. The molecule has 0 unspecified atom stereocenters. The summed E-state index contributed by atoms with van der Waals surface area (Å²) in [6.07, 6.45) is 0.284. The van der Waals surface area contributed by atoms with Crippen LogP contribution in [-0.4, -0.2) is 11.3 Å². The molecule has 10 heavy (non-hydrogen) atoms. The highest BCUT2D eigenvalue weighted by atomic mass is 19.1. The standard InChI is InChI=1S/C6H3F2NO/c7-4-1-5(3-10)9-6(8)2-4/h1-3H. The lowest BCUT2D eigenvalue weighted by atomic mass is 10.4. The van der Waals surface area contributed by atoms with Crippen molar-refractivity contribution in [3.8, 4) is 0 Å². The van der Waals surface area contributed by atoms with Crippen molar-refractivity contribution in [2.75, 3.05) is 0 Å². The molecule has 0 aliphatic carbocycles. The van der Waals surface area contributed by atoms with Crippen LogP contribution in [0.1, 0.15) is 10.5 Å². The summed E-state index contributed by atoms with van der Waals surface area (Å²) in [5, 5.41) is 0. The van der Waals surface area contributed by atoms with E-state index in [2.05, 4.69) is 4.98 Å². The normalized spacial score (nSPS) is 9.40. The Morgan fingerprint density at radius 2 is 2.10 bits per heavy atom. The van der Waals surface area contributed by atoms with Gasteiger partial charge in [-0.15, -0.1) is 0 Å². The van der Waals surface area contributed by atoms with Crippen LogP contribution in [0.4, 0.5) is 8.78 Å². The monoisotopic (exact) mass is 143 g/mol. The third kappa shape index (κ3) is 1.34. The number of carbonyl (C=O) groups excluding carboxylic acids is 1. The maximum Gasteiger partial charge on any atom is 0.216 e. The van der Waals surface area contributed by atoms with Crippen molar-refractivity contribution in [2.45, 2.75) is 0 Å². The lowest BCUT2D eigenvalue weighted by molar-refractivity contribution is 0.111. The van der Waals surface area contributed by atoms with Gasteiger partial charge in [0.1, 0.15) is 11.5 Å². The van der Waals surface area contributed by atoms with E-state index in [1.165, 1.54) is 0 Å². The van der Waals surface area contributed by atoms with E-state index < -0.39 is 11.8 Å². The molecule has 0 saturated carbocycles. The van der Waals surface area contributed by atoms with Crippen molar-refractivity contribution >= 4 is 6.29 Å². The Balaban J connectivity index is 3.18. The molecule has 0 amide bonds. The highest BCUT2D eigenvalue weighted by Gasteiger charge is 1.98. The zero-order valence-electron chi connectivity index (χ0n) is 4.84. The minimum Gasteiger partial charge on any atom is -0.296 e. The average molecular weight is 143 g/mol. The third-order valence-electron chi connectivity index (χ3n) is 0.899. The number of nitrogens with zero attached hydrogens (tertiary/aromatic N) is 1. The van der Waals surface area contributed by atoms with Crippen LogP contribution in [0.2, 0.25) is 0 Å². The maximum absolute atomic E-state index is 12.2. The van der Waals surface area contributed by atoms with Gasteiger partial charge >= 0.3 is 0 Å². The number of hydrogen-bond acceptors (Lipinski definition) is 2. The van der Waals surface area contributed by atoms with Gasteiger partial charge in [0.2, 0.25) is 5.95 Å². The summed E-state index contributed by atoms with van der Waals surface area (Å²) in [7, 11) is 0. The van der Waals surface area contributed by atoms with Crippen LogP contribution in [0.15, 0.2) is 12.1 Å². The zero-order chi connectivity index (χ0) is 7.56. The molecule has 0 atom stereocenters. The van der Waals surface area contributed by atoms with Gasteiger partial charge < -0.3 is 0 Å². The molecule has 0 spiro atoms. The van der Waals surface area contributed by atoms with Crippen LogP contribution in [0, 0.1) is 11.8 Å². The number of aromatic nitrogens is 1. The molecular formula is C6H3F2NO. The van der Waals surface area contributed by atoms with E-state index in [4.69, 9.17) is 0 Å². The van der Waals surface area contributed by atoms with Crippen molar-refractivity contribution in [2.24, 2.45) is 0 Å². The topological polar surface area (TPSA) is 30.0 Å². The third-order valence-corrected chi connectivity index (χ3v) is 0.899. The second-order valence-electron chi connectivity index (χ2n) is 1.65. The Morgan fingerprint density at radius 3 is 2.60 bits per heavy atom. The smallest absolute Gasteiger partial charge is 0.216 e. The summed E-state index contributed by atoms with van der Waals surface area (Å²) in [6, 6.07) is 1.46. The largest absolute Gasteiger partial charge is 0.296 e. The van der Waals surface area contributed by atoms with Gasteiger partial charge in [0.25, 0.3) is 0 Å². The molecule has 0 aromatic carbocycles. The molecule has 1 aromatic heterocycles. The van der Waals surface area contributed by atoms with Crippen molar-refractivity contribution < 1.29 is 13.6 Å². The summed E-state index contributed by atoms with van der Waals surface area (Å²) in [5.74, 6) is -1.78. The number of rotatable bonds is 1. The lowest BCUT2D eigenvalue weighted by Gasteiger charge is -1.89. The van der Waals surface area contributed by atoms with E-state index in [0.29, 0.717) is 6.07 Å². The second-order valence-corrected chi connectivity index (χ2v) is 1.65. The first-order valence-corrected chi connectivity index (χ1v) is 2.50. The van der Waals surface area contributed by atoms with Gasteiger partial charge in [0.05, 0.1) is 0 Å². The number of pyridine rings is 1. The van der Waals surface area contributed by atoms with E-state index in [-0.39, 0.29) is 12.0 Å². The first kappa shape index (κ1) is 6.80. The molecule has 1 aromatic rings. The van der Waals surface area contributed by atoms with Crippen molar-refractivity contribution in [1.29, 1.82) is 0 Å². The summed E-state index contributed by atoms with van der Waals surface area (Å²) in [4.78, 5) is 13.0. The molecule has 2 nitrogen and oxygen atoms in total. The average Bonchev–Trinajstić information content (AvgIpc) is 1.85. The first-order valence-electron chi connectivity index (χ1n) is 2.50. The van der Waals surface area contributed by atoms with Crippen molar-refractivity contribution in [1.82, 2.24) is 4.98 Å². The van der Waals surface area contributed by atoms with Crippen molar-refractivity contribution in [3.05, 3.63) is 29.6 Å². The summed E-state index contributed by atoms with van der Waals surface area (Å²) in [5.41, 5.74) is -0.238. The van der Waals surface area contributed by atoms with Gasteiger partial charge in [-0.25, -0.2) is 9.37 Å². The molecule has 1 rings (SSSR count). The Labute approximate surface area is 55.5 Å². The maximum atomic E-state index is 12.2. The lowest BCUT2D eigenvalue weighted by Crippen LogP contribution is -1.91. The van der Waals surface area contributed by atoms with E-state index in [9.17, 15) is 13.6 Å². The van der Waals surface area contributed by atoms with Crippen molar-refractivity contribution in [3.63, 3.8) is 0 Å². The fourth-order valence-electron chi connectivity index (χ4n) is 0.545. The Morgan fingerprint density at radius 1 is 1.40 bits per heavy atom. The highest BCUT2D eigenvalue weighted by Crippen LogP contribution is 2.00. The zero-order valence-corrected chi connectivity index (χ0v) is 4.84. The van der Waals surface area contributed by atoms with E-state index in [0.717, 1.165) is 6.07 Å². The number of aldehydes is 1. The predicted octanol–water partition coefficient (Wildman–Crippen LogP) is 1.17. The Kier molecular flexibility index (Phi) is 1.71. The van der Waals surface area contributed by atoms with Gasteiger partial charge in [-0.05, 0) is 0 Å². The summed E-state index contributed by atoms with van der Waals surface area (Å²) in [6.45, 7) is 0. The van der Waals surface area contributed by atoms with Crippen LogP contribution < -0.4 is 0 Å². The Bertz CT molecular complexity index is 242. The fourth-order valence-corrected chi connectivity index (χ4v) is 0.545. The summed E-state index contributed by atoms with van der Waals surface area (Å²) < 4.78 is 24.3. The number of halogens is 2. The fraction of sp³-hybridized carbons (Fsp3) is 0. The van der Waals surface area contributed by atoms with Crippen LogP contribution in [-0.2, 0) is 0 Å². The molecule has 0 aliphatic rings. The van der Waals surface area contributed by atoms with Gasteiger partial charge in [0.15, 0.2) is 6.29 Å². The Hall–Kier alpha value is -1.32. The quantitative estimate of drug-likeness (QED) is 0.436. The molecule has 1 heterocycles. The molecule has 4 heteroatoms. The van der Waals surface area contributed by atoms with Crippen LogP contribution in [0.3, 0.4) is 0 Å². The molecule has 0 aliphatic heterocycles. The van der Waals surface area contributed by atoms with Gasteiger partial charge in [0, 0.05) is 12.1 Å². The van der Waals surface area contributed by atoms with Gasteiger partial charge in [-0.1, -0.05) is 0 Å². The van der Waals surface area contributed by atoms with E-state index >= 15 is 0 Å². The van der Waals surface area contributed by atoms with Crippen LogP contribution >= 0.6 is 0 Å². The van der Waals surface area contributed by atoms with Gasteiger partial charge in [-0.3, -0.25) is 4.79 Å². The summed E-state index contributed by atoms with van der Waals surface area (Å²) >= 11 is 0. The van der Waals surface area contributed by atoms with Crippen LogP contribution in [0.5, 0.6) is 0 Å². The minimum atomic E-state index is -0.984. The SMILES string of the molecule is O=Cc1cc(F)cc(F)n1. The van der Waals surface area contributed by atoms with E-state index in [1.807, 2.05) is 0 Å². The molecule has 0 fully saturated rings. The number of carbonyl (C=O) groups is 1. The molecule has 0 bridgehead atoms. The van der Waals surface area contributed by atoms with Crippen LogP contribution in [0.25, 0.3) is 0 Å². The van der Waals surface area contributed by atoms with E-state index in [1.54, 1.807) is 0 Å². The predicted molar refractivity (Wildman–Crippen MR) is 29.5 cm³/mol. The first-order chi connectivity index (χ1) is 4.72. The highest BCUT2D eigenvalue weighted by molar-refractivity contribution is 5.71. The molecule has 0 radical (unpaired) electrons. The molecular weight excluding hydrogens is 140 g/mol. The molecule has 0 N–H and O–H groups in total.